The van der Waals surface area contributed by atoms with Crippen LogP contribution in [0.15, 0.2) is 18.3 Å². The molecule has 0 aliphatic heterocycles. The van der Waals surface area contributed by atoms with Gasteiger partial charge in [0, 0.05) is 25.7 Å². The maximum Gasteiger partial charge on any atom is 0.354 e. The highest BCUT2D eigenvalue weighted by molar-refractivity contribution is 5.95. The van der Waals surface area contributed by atoms with Crippen molar-refractivity contribution in [2.24, 2.45) is 0 Å². The topological polar surface area (TPSA) is 108 Å². The molecule has 102 valence electrons. The SMILES string of the molecule is CCNC(=O)CCNC(=O)c1ccc(C(=O)O)nc1. The summed E-state index contributed by atoms with van der Waals surface area (Å²) in [4.78, 5) is 37.0. The number of rotatable bonds is 6. The molecular weight excluding hydrogens is 250 g/mol. The normalized spacial score (nSPS) is 9.74. The molecule has 0 aliphatic rings. The molecule has 0 saturated heterocycles. The van der Waals surface area contributed by atoms with Crippen LogP contribution in [0.2, 0.25) is 0 Å². The summed E-state index contributed by atoms with van der Waals surface area (Å²) in [5, 5.41) is 13.8. The number of aromatic nitrogens is 1. The smallest absolute Gasteiger partial charge is 0.354 e. The highest BCUT2D eigenvalue weighted by Gasteiger charge is 2.09. The van der Waals surface area contributed by atoms with Crippen LogP contribution in [0.1, 0.15) is 34.2 Å². The van der Waals surface area contributed by atoms with Crippen molar-refractivity contribution >= 4 is 17.8 Å². The van der Waals surface area contributed by atoms with E-state index in [1.165, 1.54) is 18.3 Å². The van der Waals surface area contributed by atoms with E-state index in [0.29, 0.717) is 6.54 Å². The summed E-state index contributed by atoms with van der Waals surface area (Å²) in [6.45, 7) is 2.57. The standard InChI is InChI=1S/C12H15N3O4/c1-2-13-10(16)5-6-14-11(17)8-3-4-9(12(18)19)15-7-8/h3-4,7H,2,5-6H2,1H3,(H,13,16)(H,14,17)(H,18,19). The molecule has 1 aromatic rings. The third-order valence-corrected chi connectivity index (χ3v) is 2.26. The molecule has 0 radical (unpaired) electrons. The number of nitrogens with one attached hydrogen (secondary N) is 2. The summed E-state index contributed by atoms with van der Waals surface area (Å²) in [5.41, 5.74) is 0.125. The molecule has 1 heterocycles. The van der Waals surface area contributed by atoms with Crippen LogP contribution < -0.4 is 10.6 Å². The number of nitrogens with zero attached hydrogens (tertiary/aromatic N) is 1. The number of carbonyl (C=O) groups is 3. The first kappa shape index (κ1) is 14.6. The molecule has 0 aromatic carbocycles. The fourth-order valence-corrected chi connectivity index (χ4v) is 1.33. The van der Waals surface area contributed by atoms with Gasteiger partial charge in [-0.1, -0.05) is 0 Å². The van der Waals surface area contributed by atoms with E-state index in [4.69, 9.17) is 5.11 Å². The Labute approximate surface area is 110 Å². The van der Waals surface area contributed by atoms with Crippen LogP contribution >= 0.6 is 0 Å². The fraction of sp³-hybridized carbons (Fsp3) is 0.333. The van der Waals surface area contributed by atoms with E-state index in [0.717, 1.165) is 0 Å². The lowest BCUT2D eigenvalue weighted by atomic mass is 10.2. The number of carboxylic acids is 1. The number of aromatic carboxylic acids is 1. The molecule has 19 heavy (non-hydrogen) atoms. The Morgan fingerprint density at radius 3 is 2.53 bits per heavy atom. The first-order valence-electron chi connectivity index (χ1n) is 5.78. The number of carboxylic acid groups (broad SMARTS) is 1. The average molecular weight is 265 g/mol. The lowest BCUT2D eigenvalue weighted by molar-refractivity contribution is -0.120. The Balaban J connectivity index is 2.45. The molecule has 0 saturated carbocycles. The molecule has 0 unspecified atom stereocenters. The Kier molecular flexibility index (Phi) is 5.46. The molecule has 1 aromatic heterocycles. The van der Waals surface area contributed by atoms with Crippen LogP contribution in [0.3, 0.4) is 0 Å². The predicted octanol–water partition coefficient (Wildman–Crippen LogP) is 0.0358. The van der Waals surface area contributed by atoms with Gasteiger partial charge in [0.15, 0.2) is 0 Å². The molecular formula is C12H15N3O4. The van der Waals surface area contributed by atoms with Gasteiger partial charge >= 0.3 is 5.97 Å². The van der Waals surface area contributed by atoms with Crippen molar-refractivity contribution in [3.05, 3.63) is 29.6 Å². The number of pyridine rings is 1. The fourth-order valence-electron chi connectivity index (χ4n) is 1.33. The first-order valence-corrected chi connectivity index (χ1v) is 5.78. The maximum atomic E-state index is 11.6. The summed E-state index contributed by atoms with van der Waals surface area (Å²) >= 11 is 0. The largest absolute Gasteiger partial charge is 0.477 e. The van der Waals surface area contributed by atoms with Crippen molar-refractivity contribution in [2.45, 2.75) is 13.3 Å². The lowest BCUT2D eigenvalue weighted by Crippen LogP contribution is -2.30. The van der Waals surface area contributed by atoms with Gasteiger partial charge in [-0.3, -0.25) is 9.59 Å². The molecule has 0 aliphatic carbocycles. The quantitative estimate of drug-likeness (QED) is 0.672. The second kappa shape index (κ2) is 7.10. The van der Waals surface area contributed by atoms with Crippen molar-refractivity contribution in [2.75, 3.05) is 13.1 Å². The number of hydrogen-bond acceptors (Lipinski definition) is 4. The van der Waals surface area contributed by atoms with Gasteiger partial charge in [-0.05, 0) is 19.1 Å². The zero-order valence-electron chi connectivity index (χ0n) is 10.5. The minimum Gasteiger partial charge on any atom is -0.477 e. The maximum absolute atomic E-state index is 11.6. The molecule has 3 N–H and O–H groups in total. The van der Waals surface area contributed by atoms with Crippen LogP contribution in [-0.2, 0) is 4.79 Å². The summed E-state index contributed by atoms with van der Waals surface area (Å²) in [7, 11) is 0. The van der Waals surface area contributed by atoms with E-state index in [9.17, 15) is 14.4 Å². The van der Waals surface area contributed by atoms with E-state index in [1.807, 2.05) is 6.92 Å². The van der Waals surface area contributed by atoms with Crippen molar-refractivity contribution < 1.29 is 19.5 Å². The number of amides is 2. The highest BCUT2D eigenvalue weighted by Crippen LogP contribution is 2.00. The molecule has 1 rings (SSSR count). The van der Waals surface area contributed by atoms with Gasteiger partial charge in [0.1, 0.15) is 5.69 Å². The van der Waals surface area contributed by atoms with Crippen LogP contribution in [0.4, 0.5) is 0 Å². The van der Waals surface area contributed by atoms with E-state index in [2.05, 4.69) is 15.6 Å². The van der Waals surface area contributed by atoms with E-state index >= 15 is 0 Å². The van der Waals surface area contributed by atoms with E-state index in [1.54, 1.807) is 0 Å². The summed E-state index contributed by atoms with van der Waals surface area (Å²) in [6, 6.07) is 2.62. The minimum absolute atomic E-state index is 0.126. The molecule has 7 nitrogen and oxygen atoms in total. The van der Waals surface area contributed by atoms with Crippen molar-refractivity contribution in [3.63, 3.8) is 0 Å². The predicted molar refractivity (Wildman–Crippen MR) is 66.8 cm³/mol. The summed E-state index contributed by atoms with van der Waals surface area (Å²) in [6.07, 6.45) is 1.38. The Morgan fingerprint density at radius 2 is 2.00 bits per heavy atom. The second-order valence-electron chi connectivity index (χ2n) is 3.70. The molecule has 0 bridgehead atoms. The molecule has 0 spiro atoms. The number of hydrogen-bond donors (Lipinski definition) is 3. The minimum atomic E-state index is -1.15. The van der Waals surface area contributed by atoms with Gasteiger partial charge in [0.05, 0.1) is 5.56 Å². The molecule has 7 heteroatoms. The second-order valence-corrected chi connectivity index (χ2v) is 3.70. The van der Waals surface area contributed by atoms with Crippen molar-refractivity contribution in [3.8, 4) is 0 Å². The van der Waals surface area contributed by atoms with Gasteiger partial charge in [-0.2, -0.15) is 0 Å². The van der Waals surface area contributed by atoms with Crippen LogP contribution in [0, 0.1) is 0 Å². The molecule has 2 amide bonds. The van der Waals surface area contributed by atoms with Crippen LogP contribution in [-0.4, -0.2) is 41.0 Å². The Morgan fingerprint density at radius 1 is 1.26 bits per heavy atom. The highest BCUT2D eigenvalue weighted by atomic mass is 16.4. The molecule has 0 atom stereocenters. The van der Waals surface area contributed by atoms with Crippen molar-refractivity contribution in [1.29, 1.82) is 0 Å². The monoisotopic (exact) mass is 265 g/mol. The van der Waals surface area contributed by atoms with Gasteiger partial charge in [0.2, 0.25) is 5.91 Å². The van der Waals surface area contributed by atoms with Gasteiger partial charge in [-0.25, -0.2) is 9.78 Å². The number of carbonyl (C=O) groups excluding carboxylic acids is 2. The Bertz CT molecular complexity index is 470. The van der Waals surface area contributed by atoms with Gasteiger partial charge < -0.3 is 15.7 Å². The zero-order valence-corrected chi connectivity index (χ0v) is 10.5. The van der Waals surface area contributed by atoms with Crippen molar-refractivity contribution in [1.82, 2.24) is 15.6 Å². The zero-order chi connectivity index (χ0) is 14.3. The van der Waals surface area contributed by atoms with Gasteiger partial charge in [0.25, 0.3) is 5.91 Å². The van der Waals surface area contributed by atoms with E-state index in [-0.39, 0.29) is 30.1 Å². The third-order valence-electron chi connectivity index (χ3n) is 2.26. The Hall–Kier alpha value is -2.44. The van der Waals surface area contributed by atoms with E-state index < -0.39 is 11.9 Å². The summed E-state index contributed by atoms with van der Waals surface area (Å²) < 4.78 is 0. The van der Waals surface area contributed by atoms with Crippen LogP contribution in [0.5, 0.6) is 0 Å². The third kappa shape index (κ3) is 4.74. The first-order chi connectivity index (χ1) is 9.04. The lowest BCUT2D eigenvalue weighted by Gasteiger charge is -2.05. The van der Waals surface area contributed by atoms with Crippen LogP contribution in [0.25, 0.3) is 0 Å². The molecule has 0 fully saturated rings. The summed E-state index contributed by atoms with van der Waals surface area (Å²) in [5.74, 6) is -1.68. The average Bonchev–Trinajstić information content (AvgIpc) is 2.39. The van der Waals surface area contributed by atoms with Gasteiger partial charge in [-0.15, -0.1) is 0 Å².